The van der Waals surface area contributed by atoms with Crippen molar-refractivity contribution in [2.45, 2.75) is 32.6 Å². The number of rotatable bonds is 4. The second kappa shape index (κ2) is 7.85. The van der Waals surface area contributed by atoms with E-state index in [2.05, 4.69) is 17.1 Å². The van der Waals surface area contributed by atoms with E-state index in [0.717, 1.165) is 31.5 Å². The maximum atomic E-state index is 13.3. The number of pyridine rings is 1. The van der Waals surface area contributed by atoms with Crippen molar-refractivity contribution in [3.05, 3.63) is 69.6 Å². The molecule has 4 rings (SSSR count). The molecular weight excluding hydrogens is 366 g/mol. The molecule has 2 fully saturated rings. The first-order valence-electron chi connectivity index (χ1n) is 10.3. The second-order valence-electron chi connectivity index (χ2n) is 8.27. The summed E-state index contributed by atoms with van der Waals surface area (Å²) >= 11 is 0. The molecule has 2 aliphatic rings. The number of amides is 2. The van der Waals surface area contributed by atoms with E-state index in [9.17, 15) is 14.4 Å². The number of hydrogen-bond donors (Lipinski definition) is 1. The summed E-state index contributed by atoms with van der Waals surface area (Å²) in [4.78, 5) is 44.7. The number of benzene rings is 1. The van der Waals surface area contributed by atoms with Crippen LogP contribution in [0.5, 0.6) is 0 Å². The molecule has 3 heterocycles. The maximum absolute atomic E-state index is 13.3. The van der Waals surface area contributed by atoms with Crippen LogP contribution in [0.2, 0.25) is 0 Å². The lowest BCUT2D eigenvalue weighted by atomic mass is 9.78. The summed E-state index contributed by atoms with van der Waals surface area (Å²) in [5, 5.41) is 0. The van der Waals surface area contributed by atoms with Gasteiger partial charge in [0, 0.05) is 31.9 Å². The zero-order chi connectivity index (χ0) is 20.4. The van der Waals surface area contributed by atoms with Gasteiger partial charge in [0.1, 0.15) is 5.56 Å². The van der Waals surface area contributed by atoms with E-state index in [4.69, 9.17) is 0 Å². The summed E-state index contributed by atoms with van der Waals surface area (Å²) in [6.07, 6.45) is 3.27. The number of nitrogens with zero attached hydrogens (tertiary/aromatic N) is 2. The Bertz CT molecular complexity index is 969. The molecule has 152 valence electrons. The van der Waals surface area contributed by atoms with Gasteiger partial charge in [0.15, 0.2) is 0 Å². The summed E-state index contributed by atoms with van der Waals surface area (Å²) in [7, 11) is 0. The molecule has 1 N–H and O–H groups in total. The average Bonchev–Trinajstić information content (AvgIpc) is 3.15. The SMILES string of the molecule is Cc1ccc(C(=O)N2CCC3(CCCN(CCc4ccccc4)C3=O)C2)c(=O)[nH]1. The molecule has 2 saturated heterocycles. The first-order valence-corrected chi connectivity index (χ1v) is 10.3. The van der Waals surface area contributed by atoms with Crippen molar-refractivity contribution < 1.29 is 9.59 Å². The molecule has 1 aromatic carbocycles. The van der Waals surface area contributed by atoms with Crippen molar-refractivity contribution in [2.75, 3.05) is 26.2 Å². The number of H-pyrrole nitrogens is 1. The van der Waals surface area contributed by atoms with Gasteiger partial charge in [-0.1, -0.05) is 30.3 Å². The van der Waals surface area contributed by atoms with Crippen LogP contribution < -0.4 is 5.56 Å². The van der Waals surface area contributed by atoms with Crippen LogP contribution in [0.25, 0.3) is 0 Å². The standard InChI is InChI=1S/C23H27N3O3/c1-17-8-9-19(20(27)24-17)21(28)26-15-12-23(16-26)11-5-13-25(22(23)29)14-10-18-6-3-2-4-7-18/h2-4,6-9H,5,10-16H2,1H3,(H,24,27). The van der Waals surface area contributed by atoms with E-state index >= 15 is 0 Å². The van der Waals surface area contributed by atoms with E-state index in [-0.39, 0.29) is 22.9 Å². The van der Waals surface area contributed by atoms with Gasteiger partial charge >= 0.3 is 0 Å². The van der Waals surface area contributed by atoms with Gasteiger partial charge in [0.2, 0.25) is 5.91 Å². The Morgan fingerprint density at radius 1 is 1.07 bits per heavy atom. The van der Waals surface area contributed by atoms with Crippen LogP contribution in [-0.2, 0) is 11.2 Å². The van der Waals surface area contributed by atoms with Gasteiger partial charge < -0.3 is 14.8 Å². The first-order chi connectivity index (χ1) is 14.0. The lowest BCUT2D eigenvalue weighted by molar-refractivity contribution is -0.145. The molecule has 2 aliphatic heterocycles. The molecule has 6 nitrogen and oxygen atoms in total. The quantitative estimate of drug-likeness (QED) is 0.867. The number of nitrogens with one attached hydrogen (secondary N) is 1. The second-order valence-corrected chi connectivity index (χ2v) is 8.27. The Kier molecular flexibility index (Phi) is 5.26. The van der Waals surface area contributed by atoms with Crippen molar-refractivity contribution in [3.8, 4) is 0 Å². The fourth-order valence-electron chi connectivity index (χ4n) is 4.61. The molecule has 1 unspecified atom stereocenters. The maximum Gasteiger partial charge on any atom is 0.260 e. The summed E-state index contributed by atoms with van der Waals surface area (Å²) in [6, 6.07) is 13.5. The Labute approximate surface area is 170 Å². The number of carbonyl (C=O) groups excluding carboxylic acids is 2. The highest BCUT2D eigenvalue weighted by Crippen LogP contribution is 2.40. The van der Waals surface area contributed by atoms with Gasteiger partial charge in [-0.25, -0.2) is 0 Å². The van der Waals surface area contributed by atoms with Gasteiger partial charge in [-0.15, -0.1) is 0 Å². The molecule has 1 spiro atoms. The van der Waals surface area contributed by atoms with Crippen LogP contribution in [-0.4, -0.2) is 52.8 Å². The van der Waals surface area contributed by atoms with Crippen molar-refractivity contribution in [1.82, 2.24) is 14.8 Å². The highest BCUT2D eigenvalue weighted by molar-refractivity contribution is 5.95. The molecule has 0 saturated carbocycles. The summed E-state index contributed by atoms with van der Waals surface area (Å²) in [6.45, 7) is 4.19. The minimum Gasteiger partial charge on any atom is -0.342 e. The van der Waals surface area contributed by atoms with Gasteiger partial charge in [0.05, 0.1) is 5.41 Å². The molecule has 0 aliphatic carbocycles. The monoisotopic (exact) mass is 393 g/mol. The van der Waals surface area contributed by atoms with E-state index in [1.54, 1.807) is 24.0 Å². The Balaban J connectivity index is 1.45. The Morgan fingerprint density at radius 3 is 2.62 bits per heavy atom. The average molecular weight is 393 g/mol. The smallest absolute Gasteiger partial charge is 0.260 e. The zero-order valence-corrected chi connectivity index (χ0v) is 16.8. The first kappa shape index (κ1) is 19.4. The molecular formula is C23H27N3O3. The highest BCUT2D eigenvalue weighted by atomic mass is 16.2. The van der Waals surface area contributed by atoms with Crippen molar-refractivity contribution in [2.24, 2.45) is 5.41 Å². The minimum atomic E-state index is -0.498. The van der Waals surface area contributed by atoms with Crippen molar-refractivity contribution >= 4 is 11.8 Å². The number of hydrogen-bond acceptors (Lipinski definition) is 3. The van der Waals surface area contributed by atoms with Crippen LogP contribution in [0.4, 0.5) is 0 Å². The molecule has 1 atom stereocenters. The number of piperidine rings is 1. The number of aromatic amines is 1. The minimum absolute atomic E-state index is 0.150. The van der Waals surface area contributed by atoms with E-state index in [1.165, 1.54) is 5.56 Å². The summed E-state index contributed by atoms with van der Waals surface area (Å²) in [5.41, 5.74) is 1.23. The third-order valence-electron chi connectivity index (χ3n) is 6.26. The van der Waals surface area contributed by atoms with Crippen molar-refractivity contribution in [1.29, 1.82) is 0 Å². The highest BCUT2D eigenvalue weighted by Gasteiger charge is 2.49. The lowest BCUT2D eigenvalue weighted by Crippen LogP contribution is -2.51. The van der Waals surface area contributed by atoms with Crippen LogP contribution in [0, 0.1) is 12.3 Å². The summed E-state index contributed by atoms with van der Waals surface area (Å²) in [5.74, 6) is -0.120. The largest absolute Gasteiger partial charge is 0.342 e. The lowest BCUT2D eigenvalue weighted by Gasteiger charge is -2.39. The number of likely N-dealkylation sites (tertiary alicyclic amines) is 2. The predicted octanol–water partition coefficient (Wildman–Crippen LogP) is 2.38. The number of carbonyl (C=O) groups is 2. The van der Waals surface area contributed by atoms with Crippen LogP contribution in [0.15, 0.2) is 47.3 Å². The van der Waals surface area contributed by atoms with Crippen LogP contribution >= 0.6 is 0 Å². The molecule has 1 aromatic heterocycles. The van der Waals surface area contributed by atoms with E-state index in [0.29, 0.717) is 26.1 Å². The molecule has 29 heavy (non-hydrogen) atoms. The molecule has 2 amide bonds. The van der Waals surface area contributed by atoms with Gasteiger partial charge in [-0.2, -0.15) is 0 Å². The fraction of sp³-hybridized carbons (Fsp3) is 0.435. The van der Waals surface area contributed by atoms with Crippen molar-refractivity contribution in [3.63, 3.8) is 0 Å². The van der Waals surface area contributed by atoms with Crippen LogP contribution in [0.3, 0.4) is 0 Å². The van der Waals surface area contributed by atoms with Gasteiger partial charge in [-0.3, -0.25) is 14.4 Å². The number of aryl methyl sites for hydroxylation is 1. The third-order valence-corrected chi connectivity index (χ3v) is 6.26. The van der Waals surface area contributed by atoms with Crippen LogP contribution in [0.1, 0.15) is 40.9 Å². The fourth-order valence-corrected chi connectivity index (χ4v) is 4.61. The van der Waals surface area contributed by atoms with Gasteiger partial charge in [0.25, 0.3) is 11.5 Å². The molecule has 0 bridgehead atoms. The third kappa shape index (κ3) is 3.84. The van der Waals surface area contributed by atoms with E-state index in [1.807, 2.05) is 23.1 Å². The van der Waals surface area contributed by atoms with Gasteiger partial charge in [-0.05, 0) is 50.3 Å². The Hall–Kier alpha value is -2.89. The Morgan fingerprint density at radius 2 is 1.86 bits per heavy atom. The molecule has 0 radical (unpaired) electrons. The molecule has 2 aromatic rings. The predicted molar refractivity (Wildman–Crippen MR) is 111 cm³/mol. The normalized spacial score (nSPS) is 21.8. The zero-order valence-electron chi connectivity index (χ0n) is 16.8. The summed E-state index contributed by atoms with van der Waals surface area (Å²) < 4.78 is 0. The number of aromatic nitrogens is 1. The molecule has 6 heteroatoms. The topological polar surface area (TPSA) is 73.5 Å². The van der Waals surface area contributed by atoms with E-state index < -0.39 is 5.41 Å².